The summed E-state index contributed by atoms with van der Waals surface area (Å²) >= 11 is 0. The first-order chi connectivity index (χ1) is 12.2. The maximum absolute atomic E-state index is 13.2. The molecule has 3 heterocycles. The molecule has 0 aromatic heterocycles. The van der Waals surface area contributed by atoms with Crippen molar-refractivity contribution in [3.8, 4) is 0 Å². The molecule has 2 saturated heterocycles. The van der Waals surface area contributed by atoms with Crippen molar-refractivity contribution in [2.45, 2.75) is 39.2 Å². The Bertz CT molecular complexity index is 697. The van der Waals surface area contributed by atoms with Crippen molar-refractivity contribution in [1.82, 2.24) is 5.32 Å². The predicted octanol–water partition coefficient (Wildman–Crippen LogP) is 2.76. The van der Waals surface area contributed by atoms with Crippen LogP contribution in [0.25, 0.3) is 5.57 Å². The minimum Gasteiger partial charge on any atom is -0.388 e. The minimum atomic E-state index is 0.147. The third-order valence-corrected chi connectivity index (χ3v) is 5.33. The van der Waals surface area contributed by atoms with Crippen LogP contribution >= 0.6 is 0 Å². The van der Waals surface area contributed by atoms with E-state index in [1.54, 1.807) is 0 Å². The van der Waals surface area contributed by atoms with Crippen LogP contribution in [0.2, 0.25) is 0 Å². The van der Waals surface area contributed by atoms with Gasteiger partial charge in [0.2, 0.25) is 0 Å². The molecule has 4 rings (SSSR count). The second-order valence-corrected chi connectivity index (χ2v) is 7.31. The third kappa shape index (κ3) is 2.91. The number of carbonyl (C=O) groups is 1. The van der Waals surface area contributed by atoms with Crippen molar-refractivity contribution in [3.63, 3.8) is 0 Å². The first-order valence-electron chi connectivity index (χ1n) is 9.44. The molecule has 0 saturated carbocycles. The number of hydrogen-bond acceptors (Lipinski definition) is 4. The molecule has 0 unspecified atom stereocenters. The average Bonchev–Trinajstić information content (AvgIpc) is 2.94. The summed E-state index contributed by atoms with van der Waals surface area (Å²) in [5.74, 6) is 0.147. The van der Waals surface area contributed by atoms with E-state index in [4.69, 9.17) is 4.74 Å². The number of allylic oxidation sites excluding steroid dienone is 1. The molecule has 1 aromatic carbocycles. The van der Waals surface area contributed by atoms with E-state index in [1.807, 2.05) is 4.90 Å². The van der Waals surface area contributed by atoms with Gasteiger partial charge in [0.05, 0.1) is 24.5 Å². The number of fused-ring (bicyclic) bond motifs is 1. The van der Waals surface area contributed by atoms with Gasteiger partial charge in [-0.25, -0.2) is 0 Å². The lowest BCUT2D eigenvalue weighted by Gasteiger charge is -2.29. The Morgan fingerprint density at radius 3 is 2.64 bits per heavy atom. The summed E-state index contributed by atoms with van der Waals surface area (Å²) < 4.78 is 5.47. The smallest absolute Gasteiger partial charge is 0.260 e. The fourth-order valence-electron chi connectivity index (χ4n) is 4.07. The van der Waals surface area contributed by atoms with Crippen LogP contribution in [0.3, 0.4) is 0 Å². The van der Waals surface area contributed by atoms with Crippen molar-refractivity contribution in [1.29, 1.82) is 0 Å². The Hall–Kier alpha value is -2.01. The molecule has 1 aromatic rings. The van der Waals surface area contributed by atoms with Crippen molar-refractivity contribution in [3.05, 3.63) is 29.5 Å². The molecule has 3 aliphatic rings. The largest absolute Gasteiger partial charge is 0.388 e. The molecule has 5 nitrogen and oxygen atoms in total. The van der Waals surface area contributed by atoms with E-state index >= 15 is 0 Å². The molecular weight excluding hydrogens is 314 g/mol. The maximum Gasteiger partial charge on any atom is 0.260 e. The van der Waals surface area contributed by atoms with Gasteiger partial charge >= 0.3 is 0 Å². The van der Waals surface area contributed by atoms with Crippen molar-refractivity contribution in [2.24, 2.45) is 0 Å². The van der Waals surface area contributed by atoms with E-state index in [9.17, 15) is 4.79 Å². The number of anilines is 2. The van der Waals surface area contributed by atoms with E-state index in [1.165, 1.54) is 12.1 Å². The molecule has 134 valence electrons. The lowest BCUT2D eigenvalue weighted by molar-refractivity contribution is -0.113. The number of morpholine rings is 1. The van der Waals surface area contributed by atoms with Crippen LogP contribution in [0.15, 0.2) is 23.9 Å². The monoisotopic (exact) mass is 341 g/mol. The maximum atomic E-state index is 13.2. The molecular formula is C20H27N3O2. The van der Waals surface area contributed by atoms with Crippen LogP contribution < -0.4 is 15.1 Å². The third-order valence-electron chi connectivity index (χ3n) is 5.33. The highest BCUT2D eigenvalue weighted by Crippen LogP contribution is 2.42. The number of amides is 1. The molecule has 5 heteroatoms. The van der Waals surface area contributed by atoms with Gasteiger partial charge in [-0.05, 0) is 51.3 Å². The Kier molecular flexibility index (Phi) is 4.42. The van der Waals surface area contributed by atoms with E-state index < -0.39 is 0 Å². The van der Waals surface area contributed by atoms with Crippen LogP contribution in [0.4, 0.5) is 11.4 Å². The topological polar surface area (TPSA) is 44.8 Å². The summed E-state index contributed by atoms with van der Waals surface area (Å²) in [6, 6.07) is 6.63. The Balaban J connectivity index is 1.79. The van der Waals surface area contributed by atoms with E-state index in [0.717, 1.165) is 68.2 Å². The summed E-state index contributed by atoms with van der Waals surface area (Å²) in [5.41, 5.74) is 5.34. The SMILES string of the molecule is CC(C)N1C(=O)/C(=C2/CCCCN2)c2cc(N3CCOCC3)ccc21. The number of rotatable bonds is 2. The fourth-order valence-corrected chi connectivity index (χ4v) is 4.07. The van der Waals surface area contributed by atoms with Gasteiger partial charge in [-0.1, -0.05) is 0 Å². The van der Waals surface area contributed by atoms with Gasteiger partial charge < -0.3 is 19.9 Å². The normalized spacial score (nSPS) is 23.9. The number of nitrogens with one attached hydrogen (secondary N) is 1. The number of carbonyl (C=O) groups excluding carboxylic acids is 1. The summed E-state index contributed by atoms with van der Waals surface area (Å²) in [5, 5.41) is 3.49. The molecule has 0 spiro atoms. The highest BCUT2D eigenvalue weighted by molar-refractivity contribution is 6.33. The second-order valence-electron chi connectivity index (χ2n) is 7.31. The highest BCUT2D eigenvalue weighted by Gasteiger charge is 2.36. The van der Waals surface area contributed by atoms with Crippen LogP contribution in [-0.2, 0) is 9.53 Å². The zero-order valence-electron chi connectivity index (χ0n) is 15.2. The highest BCUT2D eigenvalue weighted by atomic mass is 16.5. The Labute approximate surface area is 149 Å². The quantitative estimate of drug-likeness (QED) is 0.840. The standard InChI is InChI=1S/C20H27N3O2/c1-14(2)23-18-7-6-15(22-9-11-25-12-10-22)13-16(18)19(20(23)24)17-5-3-4-8-21-17/h6-7,13-14,21H,3-5,8-12H2,1-2H3/b19-17-. The van der Waals surface area contributed by atoms with Crippen molar-refractivity contribution in [2.75, 3.05) is 42.6 Å². The Morgan fingerprint density at radius 2 is 1.96 bits per heavy atom. The zero-order valence-corrected chi connectivity index (χ0v) is 15.2. The number of ether oxygens (including phenoxy) is 1. The lowest BCUT2D eigenvalue weighted by Crippen LogP contribution is -2.36. The van der Waals surface area contributed by atoms with Crippen LogP contribution in [0.5, 0.6) is 0 Å². The number of piperidine rings is 1. The molecule has 1 N–H and O–H groups in total. The molecule has 2 fully saturated rings. The van der Waals surface area contributed by atoms with Crippen LogP contribution in [-0.4, -0.2) is 44.8 Å². The number of benzene rings is 1. The van der Waals surface area contributed by atoms with Gasteiger partial charge in [0.1, 0.15) is 0 Å². The molecule has 0 aliphatic carbocycles. The van der Waals surface area contributed by atoms with Crippen LogP contribution in [0, 0.1) is 0 Å². The first kappa shape index (κ1) is 16.5. The zero-order chi connectivity index (χ0) is 17.4. The number of hydrogen-bond donors (Lipinski definition) is 1. The summed E-state index contributed by atoms with van der Waals surface area (Å²) in [6.45, 7) is 8.48. The first-order valence-corrected chi connectivity index (χ1v) is 9.44. The minimum absolute atomic E-state index is 0.147. The molecule has 1 amide bonds. The molecule has 0 radical (unpaired) electrons. The van der Waals surface area contributed by atoms with E-state index in [2.05, 4.69) is 42.3 Å². The van der Waals surface area contributed by atoms with E-state index in [0.29, 0.717) is 0 Å². The van der Waals surface area contributed by atoms with Gasteiger partial charge in [-0.2, -0.15) is 0 Å². The van der Waals surface area contributed by atoms with Crippen molar-refractivity contribution < 1.29 is 9.53 Å². The summed E-state index contributed by atoms with van der Waals surface area (Å²) in [7, 11) is 0. The molecule has 3 aliphatic heterocycles. The molecule has 0 atom stereocenters. The predicted molar refractivity (Wildman–Crippen MR) is 101 cm³/mol. The number of nitrogens with zero attached hydrogens (tertiary/aromatic N) is 2. The summed E-state index contributed by atoms with van der Waals surface area (Å²) in [4.78, 5) is 17.5. The van der Waals surface area contributed by atoms with Gasteiger partial charge in [0.15, 0.2) is 0 Å². The average molecular weight is 341 g/mol. The second kappa shape index (κ2) is 6.71. The molecule has 0 bridgehead atoms. The molecule has 25 heavy (non-hydrogen) atoms. The van der Waals surface area contributed by atoms with Gasteiger partial charge in [0.25, 0.3) is 5.91 Å². The van der Waals surface area contributed by atoms with Gasteiger partial charge in [-0.3, -0.25) is 4.79 Å². The summed E-state index contributed by atoms with van der Waals surface area (Å²) in [6.07, 6.45) is 3.30. The van der Waals surface area contributed by atoms with Gasteiger partial charge in [-0.15, -0.1) is 0 Å². The Morgan fingerprint density at radius 1 is 1.16 bits per heavy atom. The van der Waals surface area contributed by atoms with Gasteiger partial charge in [0, 0.05) is 42.6 Å². The van der Waals surface area contributed by atoms with Crippen molar-refractivity contribution >= 4 is 22.9 Å². The lowest BCUT2D eigenvalue weighted by atomic mass is 9.99. The fraction of sp³-hybridized carbons (Fsp3) is 0.550. The van der Waals surface area contributed by atoms with E-state index in [-0.39, 0.29) is 11.9 Å². The van der Waals surface area contributed by atoms with Crippen LogP contribution in [0.1, 0.15) is 38.7 Å².